The maximum Gasteiger partial charge on any atom is 1.00 e. The van der Waals surface area contributed by atoms with Crippen molar-refractivity contribution < 1.29 is 1.43 Å². The van der Waals surface area contributed by atoms with Gasteiger partial charge in [0.15, 0.2) is 0 Å². The van der Waals surface area contributed by atoms with Gasteiger partial charge in [0.2, 0.25) is 0 Å². The molecule has 0 saturated heterocycles. The van der Waals surface area contributed by atoms with E-state index in [1.165, 1.54) is 11.1 Å². The molecule has 0 atom stereocenters. The standard InChI is InChI=1S/C13H12/c1-3-7-12(8-4-1)11-13-9-5-2-6-10-13/h1-10H,11H2/p+1. The van der Waals surface area contributed by atoms with Gasteiger partial charge in [-0.3, -0.25) is 0 Å². The van der Waals surface area contributed by atoms with Gasteiger partial charge in [-0.05, 0) is 17.5 Å². The van der Waals surface area contributed by atoms with Crippen LogP contribution in [-0.4, -0.2) is 0 Å². The Kier molecular flexibility index (Phi) is 2.42. The highest BCUT2D eigenvalue weighted by atomic mass is 14.0. The van der Waals surface area contributed by atoms with Crippen LogP contribution in [0.1, 0.15) is 12.6 Å². The Morgan fingerprint density at radius 3 is 1.38 bits per heavy atom. The molecule has 0 heteroatoms. The Morgan fingerprint density at radius 1 is 0.615 bits per heavy atom. The van der Waals surface area contributed by atoms with Crippen molar-refractivity contribution in [3.05, 3.63) is 71.8 Å². The third kappa shape index (κ3) is 2.19. The van der Waals surface area contributed by atoms with Gasteiger partial charge >= 0.3 is 1.43 Å². The SMILES string of the molecule is [H+].c1ccc(Cc2ccccc2)cc1. The summed E-state index contributed by atoms with van der Waals surface area (Å²) in [5.41, 5.74) is 2.74. The molecule has 0 unspecified atom stereocenters. The summed E-state index contributed by atoms with van der Waals surface area (Å²) in [7, 11) is 0. The molecule has 0 aliphatic rings. The molecule has 2 aromatic carbocycles. The largest absolute Gasteiger partial charge is 1.00 e. The Hall–Kier alpha value is -1.56. The Labute approximate surface area is 80.3 Å². The van der Waals surface area contributed by atoms with Crippen LogP contribution >= 0.6 is 0 Å². The number of hydrogen-bond acceptors (Lipinski definition) is 0. The van der Waals surface area contributed by atoms with Gasteiger partial charge in [-0.1, -0.05) is 60.7 Å². The van der Waals surface area contributed by atoms with Crippen LogP contribution < -0.4 is 0 Å². The van der Waals surface area contributed by atoms with Crippen LogP contribution in [0, 0.1) is 0 Å². The van der Waals surface area contributed by atoms with E-state index in [-0.39, 0.29) is 1.43 Å². The van der Waals surface area contributed by atoms with E-state index in [0.29, 0.717) is 0 Å². The third-order valence-electron chi connectivity index (χ3n) is 2.09. The van der Waals surface area contributed by atoms with Gasteiger partial charge in [-0.2, -0.15) is 0 Å². The predicted octanol–water partition coefficient (Wildman–Crippen LogP) is 3.39. The minimum atomic E-state index is 0. The molecule has 0 fully saturated rings. The lowest BCUT2D eigenvalue weighted by Crippen LogP contribution is -1.85. The van der Waals surface area contributed by atoms with Gasteiger partial charge in [0, 0.05) is 0 Å². The molecule has 0 nitrogen and oxygen atoms in total. The van der Waals surface area contributed by atoms with Gasteiger partial charge in [-0.25, -0.2) is 0 Å². The molecular formula is C13H13+. The van der Waals surface area contributed by atoms with Crippen LogP contribution in [0.2, 0.25) is 0 Å². The topological polar surface area (TPSA) is 0 Å². The molecule has 2 rings (SSSR count). The Bertz CT molecular complexity index is 316. The zero-order valence-electron chi connectivity index (χ0n) is 8.48. The summed E-state index contributed by atoms with van der Waals surface area (Å²) in [4.78, 5) is 0. The van der Waals surface area contributed by atoms with E-state index in [0.717, 1.165) is 6.42 Å². The number of benzene rings is 2. The second kappa shape index (κ2) is 3.90. The zero-order valence-corrected chi connectivity index (χ0v) is 7.48. The quantitative estimate of drug-likeness (QED) is 0.646. The smallest absolute Gasteiger partial charge is 0.0622 e. The fraction of sp³-hybridized carbons (Fsp3) is 0.0769. The summed E-state index contributed by atoms with van der Waals surface area (Å²) in [5.74, 6) is 0. The molecule has 0 saturated carbocycles. The molecule has 64 valence electrons. The first-order valence-corrected chi connectivity index (χ1v) is 4.53. The predicted molar refractivity (Wildman–Crippen MR) is 56.8 cm³/mol. The van der Waals surface area contributed by atoms with Gasteiger partial charge in [0.1, 0.15) is 0 Å². The first kappa shape index (κ1) is 8.06. The lowest BCUT2D eigenvalue weighted by molar-refractivity contribution is 1.19. The lowest BCUT2D eigenvalue weighted by atomic mass is 10.1. The second-order valence-electron chi connectivity index (χ2n) is 3.15. The monoisotopic (exact) mass is 169 g/mol. The molecule has 13 heavy (non-hydrogen) atoms. The van der Waals surface area contributed by atoms with E-state index in [9.17, 15) is 0 Å². The first-order valence-electron chi connectivity index (χ1n) is 4.53. The van der Waals surface area contributed by atoms with E-state index >= 15 is 0 Å². The molecule has 0 aliphatic carbocycles. The molecule has 0 bridgehead atoms. The summed E-state index contributed by atoms with van der Waals surface area (Å²) < 4.78 is 0. The van der Waals surface area contributed by atoms with Crippen LogP contribution in [-0.2, 0) is 6.42 Å². The highest BCUT2D eigenvalue weighted by Crippen LogP contribution is 2.07. The molecular weight excluding hydrogens is 156 g/mol. The molecule has 0 heterocycles. The van der Waals surface area contributed by atoms with E-state index < -0.39 is 0 Å². The minimum Gasteiger partial charge on any atom is -0.0622 e. The van der Waals surface area contributed by atoms with E-state index in [1.54, 1.807) is 0 Å². The first-order chi connectivity index (χ1) is 6.45. The summed E-state index contributed by atoms with van der Waals surface area (Å²) in [5, 5.41) is 0. The maximum atomic E-state index is 2.16. The summed E-state index contributed by atoms with van der Waals surface area (Å²) in [6.45, 7) is 0. The Morgan fingerprint density at radius 2 is 1.00 bits per heavy atom. The zero-order chi connectivity index (χ0) is 8.93. The van der Waals surface area contributed by atoms with Crippen molar-refractivity contribution >= 4 is 0 Å². The summed E-state index contributed by atoms with van der Waals surface area (Å²) in [6, 6.07) is 21.1. The van der Waals surface area contributed by atoms with E-state index in [1.807, 2.05) is 0 Å². The lowest BCUT2D eigenvalue weighted by Gasteiger charge is -2.00. The van der Waals surface area contributed by atoms with Crippen molar-refractivity contribution in [2.75, 3.05) is 0 Å². The molecule has 0 aromatic heterocycles. The molecule has 0 spiro atoms. The van der Waals surface area contributed by atoms with Gasteiger partial charge in [-0.15, -0.1) is 0 Å². The van der Waals surface area contributed by atoms with E-state index in [4.69, 9.17) is 0 Å². The fourth-order valence-corrected chi connectivity index (χ4v) is 1.43. The van der Waals surface area contributed by atoms with Crippen LogP contribution in [0.25, 0.3) is 0 Å². The van der Waals surface area contributed by atoms with Crippen LogP contribution in [0.5, 0.6) is 0 Å². The molecule has 0 N–H and O–H groups in total. The van der Waals surface area contributed by atoms with Crippen LogP contribution in [0.15, 0.2) is 60.7 Å². The van der Waals surface area contributed by atoms with Crippen molar-refractivity contribution in [2.24, 2.45) is 0 Å². The molecule has 0 aliphatic heterocycles. The fourth-order valence-electron chi connectivity index (χ4n) is 1.43. The van der Waals surface area contributed by atoms with Gasteiger partial charge in [0.25, 0.3) is 0 Å². The minimum absolute atomic E-state index is 0. The van der Waals surface area contributed by atoms with Crippen LogP contribution in [0.3, 0.4) is 0 Å². The van der Waals surface area contributed by atoms with Crippen molar-refractivity contribution in [2.45, 2.75) is 6.42 Å². The average molecular weight is 169 g/mol. The van der Waals surface area contributed by atoms with Gasteiger partial charge < -0.3 is 0 Å². The van der Waals surface area contributed by atoms with Crippen LogP contribution in [0.4, 0.5) is 0 Å². The average Bonchev–Trinajstić information content (AvgIpc) is 2.21. The van der Waals surface area contributed by atoms with Crippen molar-refractivity contribution in [1.82, 2.24) is 0 Å². The van der Waals surface area contributed by atoms with Crippen molar-refractivity contribution in [3.8, 4) is 0 Å². The summed E-state index contributed by atoms with van der Waals surface area (Å²) >= 11 is 0. The number of rotatable bonds is 2. The van der Waals surface area contributed by atoms with Crippen molar-refractivity contribution in [3.63, 3.8) is 0 Å². The summed E-state index contributed by atoms with van der Waals surface area (Å²) in [6.07, 6.45) is 1.03. The molecule has 0 amide bonds. The van der Waals surface area contributed by atoms with E-state index in [2.05, 4.69) is 60.7 Å². The Balaban J connectivity index is 0.000000980. The maximum absolute atomic E-state index is 2.16. The molecule has 2 aromatic rings. The third-order valence-corrected chi connectivity index (χ3v) is 2.09. The highest BCUT2D eigenvalue weighted by molar-refractivity contribution is 5.25. The van der Waals surface area contributed by atoms with Gasteiger partial charge in [0.05, 0.1) is 0 Å². The number of hydrogen-bond donors (Lipinski definition) is 0. The van der Waals surface area contributed by atoms with Crippen molar-refractivity contribution in [1.29, 1.82) is 0 Å². The highest BCUT2D eigenvalue weighted by Gasteiger charge is 1.92. The molecule has 0 radical (unpaired) electrons. The normalized spacial score (nSPS) is 9.85. The second-order valence-corrected chi connectivity index (χ2v) is 3.15.